The summed E-state index contributed by atoms with van der Waals surface area (Å²) in [5.74, 6) is -26.2. The van der Waals surface area contributed by atoms with Crippen LogP contribution < -0.4 is 0 Å². The SMILES string of the molecule is C=Cc1cccc(CCC(F)(F)C2(P)CC(F)(C(F)(F)C(F)(F)C(F)(F)C(F)(F)F)P2F)c1. The Morgan fingerprint density at radius 3 is 1.97 bits per heavy atom. The molecule has 1 fully saturated rings. The maximum Gasteiger partial charge on any atom is 0.460 e. The third-order valence-corrected chi connectivity index (χ3v) is 8.89. The zero-order chi connectivity index (χ0) is 25.9. The summed E-state index contributed by atoms with van der Waals surface area (Å²) >= 11 is 0. The summed E-state index contributed by atoms with van der Waals surface area (Å²) in [4.78, 5) is -3.39. The first-order chi connectivity index (χ1) is 14.6. The number of alkyl halides is 12. The zero-order valence-corrected chi connectivity index (χ0v) is 18.2. The largest absolute Gasteiger partial charge is 0.460 e. The molecule has 188 valence electrons. The highest BCUT2D eigenvalue weighted by atomic mass is 31.2. The van der Waals surface area contributed by atoms with Crippen LogP contribution in [0.5, 0.6) is 0 Å². The van der Waals surface area contributed by atoms with Gasteiger partial charge in [-0.15, -0.1) is 9.24 Å². The van der Waals surface area contributed by atoms with Crippen LogP contribution in [-0.4, -0.2) is 40.2 Å². The van der Waals surface area contributed by atoms with E-state index in [1.54, 1.807) is 6.07 Å². The molecule has 1 aliphatic heterocycles. The number of hydrogen-bond acceptors (Lipinski definition) is 0. The summed E-state index contributed by atoms with van der Waals surface area (Å²) < 4.78 is 176. The minimum atomic E-state index is -7.46. The van der Waals surface area contributed by atoms with Gasteiger partial charge in [0.05, 0.1) is 0 Å². The fourth-order valence-electron chi connectivity index (χ4n) is 3.24. The maximum atomic E-state index is 14.6. The van der Waals surface area contributed by atoms with Crippen LogP contribution in [0.2, 0.25) is 0 Å². The average Bonchev–Trinajstić information content (AvgIpc) is 2.70. The molecule has 0 N–H and O–H groups in total. The monoisotopic (exact) mass is 540 g/mol. The predicted molar refractivity (Wildman–Crippen MR) is 99.6 cm³/mol. The summed E-state index contributed by atoms with van der Waals surface area (Å²) in [7, 11) is -3.97. The fourth-order valence-corrected chi connectivity index (χ4v) is 6.34. The van der Waals surface area contributed by atoms with Crippen LogP contribution >= 0.6 is 17.5 Å². The quantitative estimate of drug-likeness (QED) is 0.230. The van der Waals surface area contributed by atoms with Crippen LogP contribution in [0.15, 0.2) is 30.8 Å². The Morgan fingerprint density at radius 1 is 0.970 bits per heavy atom. The first kappa shape index (κ1) is 28.1. The van der Waals surface area contributed by atoms with Crippen molar-refractivity contribution in [3.63, 3.8) is 0 Å². The van der Waals surface area contributed by atoms with E-state index in [1.165, 1.54) is 24.3 Å². The lowest BCUT2D eigenvalue weighted by Gasteiger charge is -2.57. The molecule has 1 heterocycles. The molecule has 1 saturated heterocycles. The summed E-state index contributed by atoms with van der Waals surface area (Å²) in [6, 6.07) is 5.76. The van der Waals surface area contributed by atoms with E-state index in [9.17, 15) is 56.9 Å². The van der Waals surface area contributed by atoms with Crippen molar-refractivity contribution >= 4 is 23.5 Å². The van der Waals surface area contributed by atoms with Crippen molar-refractivity contribution in [2.45, 2.75) is 59.4 Å². The molecule has 0 aromatic heterocycles. The zero-order valence-electron chi connectivity index (χ0n) is 16.2. The van der Waals surface area contributed by atoms with Crippen LogP contribution in [0.3, 0.4) is 0 Å². The Kier molecular flexibility index (Phi) is 7.03. The smallest absolute Gasteiger partial charge is 0.229 e. The van der Waals surface area contributed by atoms with E-state index in [-0.39, 0.29) is 5.56 Å². The van der Waals surface area contributed by atoms with Gasteiger partial charge in [-0.2, -0.15) is 39.5 Å². The topological polar surface area (TPSA) is 0 Å². The fraction of sp³-hybridized carbons (Fsp3) is 0.556. The molecule has 1 aromatic rings. The van der Waals surface area contributed by atoms with Gasteiger partial charge in [0.2, 0.25) is 5.41 Å². The predicted octanol–water partition coefficient (Wildman–Crippen LogP) is 8.37. The summed E-state index contributed by atoms with van der Waals surface area (Å²) in [6.07, 6.45) is -10.1. The molecular formula is C18H15F13P2. The van der Waals surface area contributed by atoms with Crippen molar-refractivity contribution in [1.82, 2.24) is 0 Å². The molecule has 0 bridgehead atoms. The second-order valence-corrected chi connectivity index (χ2v) is 11.1. The van der Waals surface area contributed by atoms with Crippen molar-refractivity contribution in [2.75, 3.05) is 0 Å². The van der Waals surface area contributed by atoms with Crippen LogP contribution in [0.25, 0.3) is 6.08 Å². The highest BCUT2D eigenvalue weighted by Crippen LogP contribution is 2.86. The molecule has 0 saturated carbocycles. The third kappa shape index (κ3) is 4.05. The van der Waals surface area contributed by atoms with Crippen molar-refractivity contribution in [2.24, 2.45) is 0 Å². The van der Waals surface area contributed by atoms with Crippen molar-refractivity contribution < 1.29 is 56.9 Å². The number of halogens is 13. The van der Waals surface area contributed by atoms with Gasteiger partial charge >= 0.3 is 23.9 Å². The van der Waals surface area contributed by atoms with Gasteiger partial charge in [-0.25, -0.2) is 17.4 Å². The summed E-state index contributed by atoms with van der Waals surface area (Å²) in [6.45, 7) is 3.45. The van der Waals surface area contributed by atoms with Crippen molar-refractivity contribution in [3.8, 4) is 0 Å². The van der Waals surface area contributed by atoms with Gasteiger partial charge in [-0.3, -0.25) is 0 Å². The van der Waals surface area contributed by atoms with E-state index in [1.807, 2.05) is 0 Å². The second-order valence-electron chi connectivity index (χ2n) is 7.52. The molecule has 1 aliphatic rings. The van der Waals surface area contributed by atoms with Crippen molar-refractivity contribution in [1.29, 1.82) is 0 Å². The molecule has 33 heavy (non-hydrogen) atoms. The van der Waals surface area contributed by atoms with Gasteiger partial charge < -0.3 is 0 Å². The van der Waals surface area contributed by atoms with E-state index < -0.39 is 67.7 Å². The molecular weight excluding hydrogens is 525 g/mol. The van der Waals surface area contributed by atoms with E-state index in [2.05, 4.69) is 6.58 Å². The van der Waals surface area contributed by atoms with Crippen LogP contribution in [-0.2, 0) is 6.42 Å². The molecule has 0 nitrogen and oxygen atoms in total. The molecule has 0 aliphatic carbocycles. The number of hydrogen-bond donors (Lipinski definition) is 0. The Hall–Kier alpha value is -1.09. The van der Waals surface area contributed by atoms with E-state index in [0.717, 1.165) is 9.24 Å². The van der Waals surface area contributed by atoms with E-state index in [4.69, 9.17) is 0 Å². The van der Waals surface area contributed by atoms with Gasteiger partial charge in [-0.1, -0.05) is 36.9 Å². The first-order valence-electron chi connectivity index (χ1n) is 8.86. The lowest BCUT2D eigenvalue weighted by Crippen LogP contribution is -2.72. The van der Waals surface area contributed by atoms with Gasteiger partial charge in [0.1, 0.15) is 13.1 Å². The molecule has 1 aromatic carbocycles. The molecule has 0 amide bonds. The van der Waals surface area contributed by atoms with Gasteiger partial charge in [-0.05, 0) is 17.5 Å². The molecule has 15 heteroatoms. The molecule has 4 unspecified atom stereocenters. The van der Waals surface area contributed by atoms with Crippen molar-refractivity contribution in [3.05, 3.63) is 42.0 Å². The number of benzene rings is 1. The van der Waals surface area contributed by atoms with Gasteiger partial charge in [0, 0.05) is 12.8 Å². The lowest BCUT2D eigenvalue weighted by molar-refractivity contribution is -0.407. The Bertz CT molecular complexity index is 898. The highest BCUT2D eigenvalue weighted by molar-refractivity contribution is 7.65. The Labute approximate surface area is 182 Å². The lowest BCUT2D eigenvalue weighted by atomic mass is 9.92. The normalized spacial score (nSPS) is 27.3. The van der Waals surface area contributed by atoms with E-state index >= 15 is 0 Å². The summed E-state index contributed by atoms with van der Waals surface area (Å²) in [5.41, 5.74) is 0.749. The van der Waals surface area contributed by atoms with Gasteiger partial charge in [0.25, 0.3) is 5.92 Å². The first-order valence-corrected chi connectivity index (χ1v) is 10.7. The maximum absolute atomic E-state index is 14.6. The van der Waals surface area contributed by atoms with E-state index in [0.29, 0.717) is 5.56 Å². The van der Waals surface area contributed by atoms with Crippen LogP contribution in [0.4, 0.5) is 56.9 Å². The summed E-state index contributed by atoms with van der Waals surface area (Å²) in [5, 5.41) is -5.35. The molecule has 4 atom stereocenters. The molecule has 0 spiro atoms. The van der Waals surface area contributed by atoms with Gasteiger partial charge in [0.15, 0.2) is 0 Å². The number of rotatable bonds is 8. The average molecular weight is 540 g/mol. The third-order valence-electron chi connectivity index (χ3n) is 5.34. The Balaban J connectivity index is 2.30. The molecule has 0 radical (unpaired) electrons. The highest BCUT2D eigenvalue weighted by Gasteiger charge is 2.92. The minimum absolute atomic E-state index is 0.247. The van der Waals surface area contributed by atoms with Crippen LogP contribution in [0, 0.1) is 0 Å². The number of aryl methyl sites for hydroxylation is 1. The Morgan fingerprint density at radius 2 is 1.52 bits per heavy atom. The van der Waals surface area contributed by atoms with Crippen LogP contribution in [0.1, 0.15) is 24.0 Å². The minimum Gasteiger partial charge on any atom is -0.229 e. The molecule has 2 rings (SSSR count). The second kappa shape index (κ2) is 8.25. The standard InChI is InChI=1S/C18H15F13P2/c1-2-10-4-3-5-11(8-10)6-7-12(19,20)14(32)9-13(21,33(14)31)15(22,23)16(24,25)17(26,27)18(28,29)30/h2-5,8H,1,6-7,9,32H2.